The molecule has 0 aliphatic carbocycles. The lowest BCUT2D eigenvalue weighted by molar-refractivity contribution is 0.0794. The van der Waals surface area contributed by atoms with E-state index < -0.39 is 25.8 Å². The van der Waals surface area contributed by atoms with Crippen molar-refractivity contribution in [2.75, 3.05) is 25.6 Å². The van der Waals surface area contributed by atoms with E-state index in [0.29, 0.717) is 6.42 Å². The smallest absolute Gasteiger partial charge is 0.275 e. The Labute approximate surface area is 123 Å². The molecule has 0 aliphatic heterocycles. The van der Waals surface area contributed by atoms with Crippen molar-refractivity contribution in [3.05, 3.63) is 11.4 Å². The normalized spacial score (nSPS) is 12.4. The van der Waals surface area contributed by atoms with Crippen LogP contribution >= 0.6 is 0 Å². The molecule has 0 atom stereocenters. The number of aryl methyl sites for hydroxylation is 1. The summed E-state index contributed by atoms with van der Waals surface area (Å²) >= 11 is 0. The first-order chi connectivity index (χ1) is 9.47. The second-order valence-electron chi connectivity index (χ2n) is 4.64. The summed E-state index contributed by atoms with van der Waals surface area (Å²) in [5, 5.41) is 11.3. The highest BCUT2D eigenvalue weighted by Crippen LogP contribution is 2.18. The number of amides is 1. The number of aromatic amines is 1. The third kappa shape index (κ3) is 4.51. The molecule has 0 saturated heterocycles. The van der Waals surface area contributed by atoms with Crippen LogP contribution in [-0.2, 0) is 26.3 Å². The zero-order valence-electron chi connectivity index (χ0n) is 12.0. The lowest BCUT2D eigenvalue weighted by Crippen LogP contribution is -2.33. The minimum absolute atomic E-state index is 0.0734. The van der Waals surface area contributed by atoms with Crippen molar-refractivity contribution in [2.45, 2.75) is 18.2 Å². The van der Waals surface area contributed by atoms with Crippen LogP contribution in [0.25, 0.3) is 0 Å². The number of H-pyrrole nitrogens is 1. The number of sulfone groups is 1. The maximum Gasteiger partial charge on any atom is 0.275 e. The molecule has 1 heterocycles. The highest BCUT2D eigenvalue weighted by atomic mass is 32.2. The number of hydrogen-bond donors (Lipinski definition) is 2. The molecule has 21 heavy (non-hydrogen) atoms. The Bertz CT molecular complexity index is 735. The quantitative estimate of drug-likeness (QED) is 0.662. The predicted octanol–water partition coefficient (Wildman–Crippen LogP) is -1.26. The van der Waals surface area contributed by atoms with Crippen LogP contribution in [0.5, 0.6) is 0 Å². The van der Waals surface area contributed by atoms with E-state index in [9.17, 15) is 21.6 Å². The van der Waals surface area contributed by atoms with Gasteiger partial charge in [0.25, 0.3) is 5.91 Å². The number of primary sulfonamides is 1. The van der Waals surface area contributed by atoms with E-state index in [-0.39, 0.29) is 28.6 Å². The van der Waals surface area contributed by atoms with Gasteiger partial charge >= 0.3 is 0 Å². The van der Waals surface area contributed by atoms with Crippen LogP contribution in [0.3, 0.4) is 0 Å². The van der Waals surface area contributed by atoms with Crippen LogP contribution in [0.15, 0.2) is 4.90 Å². The molecular formula is C10H18N4O5S2. The van der Waals surface area contributed by atoms with Gasteiger partial charge in [0, 0.05) is 19.8 Å². The predicted molar refractivity (Wildman–Crippen MR) is 76.0 cm³/mol. The van der Waals surface area contributed by atoms with Crippen molar-refractivity contribution >= 4 is 25.8 Å². The zero-order chi connectivity index (χ0) is 16.4. The number of rotatable bonds is 6. The highest BCUT2D eigenvalue weighted by molar-refractivity contribution is 7.90. The summed E-state index contributed by atoms with van der Waals surface area (Å²) in [6.45, 7) is 1.61. The molecule has 9 nitrogen and oxygen atoms in total. The van der Waals surface area contributed by atoms with Crippen LogP contribution in [0.4, 0.5) is 0 Å². The van der Waals surface area contributed by atoms with Crippen molar-refractivity contribution in [2.24, 2.45) is 5.14 Å². The maximum atomic E-state index is 12.2. The van der Waals surface area contributed by atoms with Crippen LogP contribution in [0, 0.1) is 0 Å². The fourth-order valence-corrected chi connectivity index (χ4v) is 3.19. The minimum atomic E-state index is -4.11. The lowest BCUT2D eigenvalue weighted by Gasteiger charge is -2.15. The first kappa shape index (κ1) is 17.6. The second kappa shape index (κ2) is 6.12. The van der Waals surface area contributed by atoms with Crippen LogP contribution in [-0.4, -0.2) is 63.4 Å². The Hall–Kier alpha value is -1.46. The molecule has 0 saturated carbocycles. The summed E-state index contributed by atoms with van der Waals surface area (Å²) in [5.74, 6) is -0.941. The first-order valence-corrected chi connectivity index (χ1v) is 9.61. The van der Waals surface area contributed by atoms with Crippen molar-refractivity contribution in [3.8, 4) is 0 Å². The van der Waals surface area contributed by atoms with Crippen molar-refractivity contribution in [3.63, 3.8) is 0 Å². The van der Waals surface area contributed by atoms with E-state index in [1.165, 1.54) is 7.05 Å². The number of nitrogens with two attached hydrogens (primary N) is 1. The summed E-state index contributed by atoms with van der Waals surface area (Å²) < 4.78 is 45.4. The molecule has 0 unspecified atom stereocenters. The summed E-state index contributed by atoms with van der Waals surface area (Å²) in [5.41, 5.74) is -0.0947. The summed E-state index contributed by atoms with van der Waals surface area (Å²) in [6.07, 6.45) is 1.35. The van der Waals surface area contributed by atoms with Gasteiger partial charge in [-0.15, -0.1) is 0 Å². The van der Waals surface area contributed by atoms with Gasteiger partial charge in [0.2, 0.25) is 10.0 Å². The Morgan fingerprint density at radius 2 is 1.90 bits per heavy atom. The van der Waals surface area contributed by atoms with Gasteiger partial charge in [0.1, 0.15) is 14.7 Å². The minimum Gasteiger partial charge on any atom is -0.339 e. The van der Waals surface area contributed by atoms with Gasteiger partial charge in [-0.1, -0.05) is 6.92 Å². The number of sulfonamides is 1. The fraction of sp³-hybridized carbons (Fsp3) is 0.600. The number of aromatic nitrogens is 2. The number of hydrogen-bond acceptors (Lipinski definition) is 6. The third-order valence-corrected chi connectivity index (χ3v) is 4.71. The molecule has 0 bridgehead atoms. The SMILES string of the molecule is CCc1[nH]nc(C(=O)N(C)CCS(C)(=O)=O)c1S(N)(=O)=O. The summed E-state index contributed by atoms with van der Waals surface area (Å²) in [6, 6.07) is 0. The molecule has 1 rings (SSSR count). The highest BCUT2D eigenvalue weighted by Gasteiger charge is 2.28. The summed E-state index contributed by atoms with van der Waals surface area (Å²) in [4.78, 5) is 12.9. The Kier molecular flexibility index (Phi) is 5.12. The fourth-order valence-electron chi connectivity index (χ4n) is 1.64. The maximum absolute atomic E-state index is 12.2. The Balaban J connectivity index is 3.11. The van der Waals surface area contributed by atoms with E-state index >= 15 is 0 Å². The molecule has 1 aromatic rings. The summed E-state index contributed by atoms with van der Waals surface area (Å²) in [7, 11) is -5.99. The van der Waals surface area contributed by atoms with E-state index in [4.69, 9.17) is 5.14 Å². The van der Waals surface area contributed by atoms with Gasteiger partial charge in [-0.25, -0.2) is 22.0 Å². The number of nitrogens with one attached hydrogen (secondary N) is 1. The standard InChI is InChI=1S/C10H18N4O5S2/c1-4-7-9(21(11,18)19)8(13-12-7)10(15)14(2)5-6-20(3,16)17/h4-6H2,1-3H3,(H,12,13)(H2,11,18,19). The number of carbonyl (C=O) groups excluding carboxylic acids is 1. The topological polar surface area (TPSA) is 143 Å². The van der Waals surface area contributed by atoms with E-state index in [2.05, 4.69) is 10.2 Å². The van der Waals surface area contributed by atoms with Gasteiger partial charge in [0.15, 0.2) is 5.69 Å². The second-order valence-corrected chi connectivity index (χ2v) is 8.39. The molecule has 0 aromatic carbocycles. The molecule has 120 valence electrons. The van der Waals surface area contributed by atoms with E-state index in [1.54, 1.807) is 6.92 Å². The molecule has 1 amide bonds. The molecule has 1 aromatic heterocycles. The van der Waals surface area contributed by atoms with Gasteiger partial charge in [0.05, 0.1) is 11.4 Å². The van der Waals surface area contributed by atoms with Gasteiger partial charge < -0.3 is 4.90 Å². The van der Waals surface area contributed by atoms with Crippen LogP contribution < -0.4 is 5.14 Å². The molecule has 0 fully saturated rings. The zero-order valence-corrected chi connectivity index (χ0v) is 13.6. The van der Waals surface area contributed by atoms with Gasteiger partial charge in [-0.05, 0) is 6.42 Å². The van der Waals surface area contributed by atoms with E-state index in [1.807, 2.05) is 0 Å². The molecule has 0 aliphatic rings. The average Bonchev–Trinajstić information content (AvgIpc) is 2.77. The molecular weight excluding hydrogens is 320 g/mol. The monoisotopic (exact) mass is 338 g/mol. The molecule has 11 heteroatoms. The van der Waals surface area contributed by atoms with Gasteiger partial charge in [-0.3, -0.25) is 9.89 Å². The number of nitrogens with zero attached hydrogens (tertiary/aromatic N) is 2. The average molecular weight is 338 g/mol. The lowest BCUT2D eigenvalue weighted by atomic mass is 10.3. The number of carbonyl (C=O) groups is 1. The Morgan fingerprint density at radius 1 is 1.33 bits per heavy atom. The van der Waals surface area contributed by atoms with Crippen molar-refractivity contribution < 1.29 is 21.6 Å². The van der Waals surface area contributed by atoms with Crippen LogP contribution in [0.2, 0.25) is 0 Å². The molecule has 0 spiro atoms. The van der Waals surface area contributed by atoms with Crippen molar-refractivity contribution in [1.82, 2.24) is 15.1 Å². The third-order valence-electron chi connectivity index (χ3n) is 2.78. The van der Waals surface area contributed by atoms with Gasteiger partial charge in [-0.2, -0.15) is 5.10 Å². The van der Waals surface area contributed by atoms with E-state index in [0.717, 1.165) is 11.2 Å². The first-order valence-electron chi connectivity index (χ1n) is 6.00. The molecule has 3 N–H and O–H groups in total. The molecule has 0 radical (unpaired) electrons. The van der Waals surface area contributed by atoms with Crippen molar-refractivity contribution in [1.29, 1.82) is 0 Å². The Morgan fingerprint density at radius 3 is 2.33 bits per heavy atom. The van der Waals surface area contributed by atoms with Crippen LogP contribution in [0.1, 0.15) is 23.1 Å². The largest absolute Gasteiger partial charge is 0.339 e.